The molecule has 12 nitrogen and oxygen atoms in total. The average molecular weight is 494 g/mol. The van der Waals surface area contributed by atoms with E-state index in [1.54, 1.807) is 12.1 Å². The molecule has 0 aliphatic heterocycles. The van der Waals surface area contributed by atoms with Crippen LogP contribution < -0.4 is 0 Å². The lowest BCUT2D eigenvalue weighted by molar-refractivity contribution is -0.384. The summed E-state index contributed by atoms with van der Waals surface area (Å²) < 4.78 is 21.2. The van der Waals surface area contributed by atoms with Gasteiger partial charge in [-0.2, -0.15) is 14.6 Å². The van der Waals surface area contributed by atoms with E-state index in [9.17, 15) is 19.3 Å². The number of carbonyl (C=O) groups is 1. The first kappa shape index (κ1) is 22.3. The molecule has 0 aliphatic carbocycles. The molecule has 0 fully saturated rings. The monoisotopic (exact) mass is 494 g/mol. The Balaban J connectivity index is 1.57. The number of nitrogens with zero attached hydrogens (tertiary/aromatic N) is 8. The van der Waals surface area contributed by atoms with E-state index in [0.29, 0.717) is 33.5 Å². The van der Waals surface area contributed by atoms with Gasteiger partial charge < -0.3 is 4.74 Å². The molecule has 176 valence electrons. The zero-order chi connectivity index (χ0) is 24.5. The molecule has 0 spiro atoms. The lowest BCUT2D eigenvalue weighted by Gasteiger charge is -2.03. The highest BCUT2D eigenvalue weighted by molar-refractivity contribution is 7.98. The number of esters is 1. The van der Waals surface area contributed by atoms with E-state index in [1.807, 2.05) is 0 Å². The van der Waals surface area contributed by atoms with Crippen LogP contribution in [0, 0.1) is 15.9 Å². The lowest BCUT2D eigenvalue weighted by atomic mass is 10.2. The van der Waals surface area contributed by atoms with Gasteiger partial charge in [0.15, 0.2) is 11.2 Å². The molecule has 0 aliphatic rings. The molecule has 0 N–H and O–H groups in total. The first-order chi connectivity index (χ1) is 16.9. The van der Waals surface area contributed by atoms with Gasteiger partial charge in [-0.15, -0.1) is 15.3 Å². The summed E-state index contributed by atoms with van der Waals surface area (Å²) in [5, 5.41) is 28.7. The molecule has 0 amide bonds. The SMILES string of the molecule is COC(=O)Cc1nn(-c2ccc(F)cc2)c2c1nnc1nc(SCc3cccc([N+](=O)[O-])c3)nn12. The molecule has 0 atom stereocenters. The summed E-state index contributed by atoms with van der Waals surface area (Å²) in [6.07, 6.45) is -0.148. The number of fused-ring (bicyclic) bond motifs is 3. The van der Waals surface area contributed by atoms with Crippen LogP contribution in [0.1, 0.15) is 11.3 Å². The molecule has 35 heavy (non-hydrogen) atoms. The van der Waals surface area contributed by atoms with Crippen LogP contribution in [0.25, 0.3) is 22.6 Å². The Hall–Kier alpha value is -4.46. The molecule has 5 rings (SSSR count). The summed E-state index contributed by atoms with van der Waals surface area (Å²) in [7, 11) is 1.27. The molecular weight excluding hydrogens is 479 g/mol. The van der Waals surface area contributed by atoms with E-state index in [4.69, 9.17) is 4.74 Å². The Morgan fingerprint density at radius 3 is 2.71 bits per heavy atom. The molecule has 5 aromatic rings. The van der Waals surface area contributed by atoms with Gasteiger partial charge in [0.2, 0.25) is 5.16 Å². The predicted octanol–water partition coefficient (Wildman–Crippen LogP) is 2.91. The van der Waals surface area contributed by atoms with Crippen LogP contribution in [0.3, 0.4) is 0 Å². The van der Waals surface area contributed by atoms with Gasteiger partial charge in [-0.1, -0.05) is 23.9 Å². The second kappa shape index (κ2) is 9.06. The zero-order valence-corrected chi connectivity index (χ0v) is 18.8. The Bertz CT molecular complexity index is 1580. The van der Waals surface area contributed by atoms with Crippen LogP contribution in [-0.4, -0.2) is 52.6 Å². The molecule has 0 unspecified atom stereocenters. The first-order valence-corrected chi connectivity index (χ1v) is 11.1. The van der Waals surface area contributed by atoms with E-state index in [0.717, 1.165) is 5.56 Å². The Morgan fingerprint density at radius 2 is 1.97 bits per heavy atom. The van der Waals surface area contributed by atoms with Crippen LogP contribution in [0.15, 0.2) is 53.7 Å². The number of halogens is 1. The number of aromatic nitrogens is 7. The number of benzene rings is 2. The maximum atomic E-state index is 13.5. The molecule has 0 saturated carbocycles. The van der Waals surface area contributed by atoms with Crippen LogP contribution in [0.2, 0.25) is 0 Å². The van der Waals surface area contributed by atoms with Crippen LogP contribution in [0.5, 0.6) is 0 Å². The van der Waals surface area contributed by atoms with E-state index in [1.165, 1.54) is 64.5 Å². The highest BCUT2D eigenvalue weighted by Gasteiger charge is 2.22. The van der Waals surface area contributed by atoms with Crippen molar-refractivity contribution in [3.63, 3.8) is 0 Å². The number of carbonyl (C=O) groups excluding carboxylic acids is 1. The third-order valence-electron chi connectivity index (χ3n) is 5.02. The number of nitro groups is 1. The number of hydrogen-bond donors (Lipinski definition) is 0. The summed E-state index contributed by atoms with van der Waals surface area (Å²) in [6, 6.07) is 11.9. The summed E-state index contributed by atoms with van der Waals surface area (Å²) in [4.78, 5) is 26.9. The van der Waals surface area contributed by atoms with Crippen LogP contribution >= 0.6 is 11.8 Å². The zero-order valence-electron chi connectivity index (χ0n) is 18.0. The fraction of sp³-hybridized carbons (Fsp3) is 0.143. The first-order valence-electron chi connectivity index (χ1n) is 10.1. The fourth-order valence-corrected chi connectivity index (χ4v) is 4.14. The minimum Gasteiger partial charge on any atom is -0.469 e. The molecule has 14 heteroatoms. The number of non-ortho nitro benzene ring substituents is 1. The molecule has 2 aromatic carbocycles. The van der Waals surface area contributed by atoms with Gasteiger partial charge in [-0.25, -0.2) is 9.07 Å². The van der Waals surface area contributed by atoms with E-state index < -0.39 is 16.7 Å². The fourth-order valence-electron chi connectivity index (χ4n) is 3.38. The second-order valence-corrected chi connectivity index (χ2v) is 8.22. The Kier molecular flexibility index (Phi) is 5.78. The number of rotatable bonds is 7. The van der Waals surface area contributed by atoms with Crippen molar-refractivity contribution in [2.45, 2.75) is 17.3 Å². The molecule has 3 aromatic heterocycles. The number of thioether (sulfide) groups is 1. The van der Waals surface area contributed by atoms with E-state index >= 15 is 0 Å². The molecule has 0 radical (unpaired) electrons. The Morgan fingerprint density at radius 1 is 1.17 bits per heavy atom. The third kappa shape index (κ3) is 4.38. The van der Waals surface area contributed by atoms with Crippen molar-refractivity contribution in [2.75, 3.05) is 7.11 Å². The van der Waals surface area contributed by atoms with Crippen molar-refractivity contribution < 1.29 is 18.8 Å². The maximum Gasteiger partial charge on any atom is 0.311 e. The summed E-state index contributed by atoms with van der Waals surface area (Å²) in [5.41, 5.74) is 2.26. The van der Waals surface area contributed by atoms with Crippen LogP contribution in [-0.2, 0) is 21.7 Å². The summed E-state index contributed by atoms with van der Waals surface area (Å²) in [5.74, 6) is -0.346. The van der Waals surface area contributed by atoms with Crippen molar-refractivity contribution in [3.8, 4) is 5.69 Å². The van der Waals surface area contributed by atoms with Gasteiger partial charge in [-0.05, 0) is 29.8 Å². The largest absolute Gasteiger partial charge is 0.469 e. The molecule has 0 saturated heterocycles. The average Bonchev–Trinajstić information content (AvgIpc) is 3.44. The third-order valence-corrected chi connectivity index (χ3v) is 5.93. The molecule has 3 heterocycles. The van der Waals surface area contributed by atoms with Crippen molar-refractivity contribution in [2.24, 2.45) is 0 Å². The van der Waals surface area contributed by atoms with Gasteiger partial charge >= 0.3 is 5.97 Å². The second-order valence-electron chi connectivity index (χ2n) is 7.28. The van der Waals surface area contributed by atoms with Gasteiger partial charge in [0.05, 0.1) is 24.1 Å². The normalized spacial score (nSPS) is 11.3. The number of ether oxygens (including phenoxy) is 1. The highest BCUT2D eigenvalue weighted by atomic mass is 32.2. The summed E-state index contributed by atoms with van der Waals surface area (Å²) >= 11 is 1.27. The minimum atomic E-state index is -0.510. The number of nitro benzene ring substituents is 1. The van der Waals surface area contributed by atoms with Gasteiger partial charge in [0.1, 0.15) is 11.5 Å². The summed E-state index contributed by atoms with van der Waals surface area (Å²) in [6.45, 7) is 0. The topological polar surface area (TPSA) is 143 Å². The molecule has 0 bridgehead atoms. The van der Waals surface area contributed by atoms with E-state index in [-0.39, 0.29) is 17.9 Å². The standard InChI is InChI=1S/C21H15FN8O4S/c1-34-17(31)10-16-18-19(28(26-16)14-7-5-13(22)6-8-14)29-20(25-24-18)23-21(27-29)35-11-12-3-2-4-15(9-12)30(32)33/h2-9H,10-11H2,1H3. The van der Waals surface area contributed by atoms with Crippen molar-refractivity contribution in [3.05, 3.63) is 75.7 Å². The number of methoxy groups -OCH3 is 1. The van der Waals surface area contributed by atoms with Crippen molar-refractivity contribution >= 4 is 40.4 Å². The van der Waals surface area contributed by atoms with Crippen LogP contribution in [0.4, 0.5) is 10.1 Å². The maximum absolute atomic E-state index is 13.5. The van der Waals surface area contributed by atoms with Gasteiger partial charge in [-0.3, -0.25) is 14.9 Å². The van der Waals surface area contributed by atoms with Gasteiger partial charge in [0.25, 0.3) is 11.5 Å². The lowest BCUT2D eigenvalue weighted by Crippen LogP contribution is -2.06. The smallest absolute Gasteiger partial charge is 0.311 e. The van der Waals surface area contributed by atoms with Crippen molar-refractivity contribution in [1.29, 1.82) is 0 Å². The van der Waals surface area contributed by atoms with Gasteiger partial charge in [0, 0.05) is 17.9 Å². The van der Waals surface area contributed by atoms with Crippen molar-refractivity contribution in [1.82, 2.24) is 34.6 Å². The predicted molar refractivity (Wildman–Crippen MR) is 122 cm³/mol. The van der Waals surface area contributed by atoms with E-state index in [2.05, 4.69) is 25.4 Å². The quantitative estimate of drug-likeness (QED) is 0.143. The number of hydrogen-bond acceptors (Lipinski definition) is 10. The molecular formula is C21H15FN8O4S. The highest BCUT2D eigenvalue weighted by Crippen LogP contribution is 2.25. The minimum absolute atomic E-state index is 0.0000271. The Labute approximate surface area is 199 Å².